The van der Waals surface area contributed by atoms with Crippen LogP contribution in [0.5, 0.6) is 0 Å². The summed E-state index contributed by atoms with van der Waals surface area (Å²) in [5.74, 6) is -1.22. The molecule has 0 spiro atoms. The van der Waals surface area contributed by atoms with Crippen LogP contribution in [0.2, 0.25) is 0 Å². The minimum absolute atomic E-state index is 0.0622. The lowest BCUT2D eigenvalue weighted by atomic mass is 10.0. The maximum Gasteiger partial charge on any atom is 0.145 e. The predicted octanol–water partition coefficient (Wildman–Crippen LogP) is 4.03. The molecule has 0 amide bonds. The summed E-state index contributed by atoms with van der Waals surface area (Å²) >= 11 is 4.56. The van der Waals surface area contributed by atoms with Gasteiger partial charge in [0.05, 0.1) is 4.47 Å². The average Bonchev–Trinajstić information content (AvgIpc) is 2.77. The molecule has 0 radical (unpaired) electrons. The highest BCUT2D eigenvalue weighted by molar-refractivity contribution is 9.10. The first-order valence-electron chi connectivity index (χ1n) is 5.01. The van der Waals surface area contributed by atoms with Crippen LogP contribution in [-0.2, 0) is 6.42 Å². The van der Waals surface area contributed by atoms with E-state index in [0.717, 1.165) is 4.88 Å². The maximum atomic E-state index is 13.8. The molecule has 1 atom stereocenters. The first-order chi connectivity index (χ1) is 8.09. The molecular weight excluding hydrogens is 308 g/mol. The molecule has 2 aromatic rings. The second kappa shape index (κ2) is 5.25. The molecule has 0 aliphatic carbocycles. The van der Waals surface area contributed by atoms with E-state index >= 15 is 0 Å². The molecule has 0 bridgehead atoms. The van der Waals surface area contributed by atoms with E-state index in [1.54, 1.807) is 0 Å². The molecule has 0 fully saturated rings. The van der Waals surface area contributed by atoms with Crippen molar-refractivity contribution in [1.82, 2.24) is 0 Å². The van der Waals surface area contributed by atoms with Crippen molar-refractivity contribution in [2.24, 2.45) is 5.73 Å². The molecule has 2 N–H and O–H groups in total. The number of halogens is 3. The standard InChI is InChI=1S/C12H10BrF2NS/c13-8-3-4-9(14)11(12(8)15)10(16)6-7-2-1-5-17-7/h1-5,10H,6,16H2. The summed E-state index contributed by atoms with van der Waals surface area (Å²) < 4.78 is 27.6. The third-order valence-corrected chi connectivity index (χ3v) is 3.96. The van der Waals surface area contributed by atoms with Gasteiger partial charge in [-0.2, -0.15) is 0 Å². The number of hydrogen-bond acceptors (Lipinski definition) is 2. The fourth-order valence-electron chi connectivity index (χ4n) is 1.63. The molecule has 0 saturated carbocycles. The van der Waals surface area contributed by atoms with Gasteiger partial charge in [0.2, 0.25) is 0 Å². The lowest BCUT2D eigenvalue weighted by Crippen LogP contribution is -2.16. The zero-order valence-corrected chi connectivity index (χ0v) is 11.2. The van der Waals surface area contributed by atoms with E-state index < -0.39 is 17.7 Å². The van der Waals surface area contributed by atoms with E-state index in [1.807, 2.05) is 17.5 Å². The van der Waals surface area contributed by atoms with Crippen LogP contribution in [0.4, 0.5) is 8.78 Å². The Kier molecular flexibility index (Phi) is 3.91. The Morgan fingerprint density at radius 2 is 2.06 bits per heavy atom. The van der Waals surface area contributed by atoms with Crippen molar-refractivity contribution in [3.05, 3.63) is 56.2 Å². The molecule has 1 heterocycles. The third kappa shape index (κ3) is 2.73. The second-order valence-corrected chi connectivity index (χ2v) is 5.53. The molecule has 1 aromatic carbocycles. The number of benzene rings is 1. The Hall–Kier alpha value is -0.780. The highest BCUT2D eigenvalue weighted by atomic mass is 79.9. The SMILES string of the molecule is NC(Cc1cccs1)c1c(F)ccc(Br)c1F. The van der Waals surface area contributed by atoms with Crippen molar-refractivity contribution in [2.75, 3.05) is 0 Å². The van der Waals surface area contributed by atoms with Gasteiger partial charge in [-0.25, -0.2) is 8.78 Å². The fourth-order valence-corrected chi connectivity index (χ4v) is 2.74. The summed E-state index contributed by atoms with van der Waals surface area (Å²) in [6, 6.07) is 5.67. The first kappa shape index (κ1) is 12.7. The van der Waals surface area contributed by atoms with Crippen molar-refractivity contribution in [2.45, 2.75) is 12.5 Å². The van der Waals surface area contributed by atoms with Gasteiger partial charge in [0, 0.05) is 22.9 Å². The number of thiophene rings is 1. The lowest BCUT2D eigenvalue weighted by Gasteiger charge is -2.13. The molecule has 0 aliphatic heterocycles. The summed E-state index contributed by atoms with van der Waals surface area (Å²) in [7, 11) is 0. The van der Waals surface area contributed by atoms with Crippen molar-refractivity contribution in [3.8, 4) is 0 Å². The Morgan fingerprint density at radius 3 is 2.71 bits per heavy atom. The van der Waals surface area contributed by atoms with Gasteiger partial charge < -0.3 is 5.73 Å². The van der Waals surface area contributed by atoms with E-state index in [4.69, 9.17) is 5.73 Å². The van der Waals surface area contributed by atoms with Crippen LogP contribution in [0.3, 0.4) is 0 Å². The highest BCUT2D eigenvalue weighted by Gasteiger charge is 2.19. The van der Waals surface area contributed by atoms with Gasteiger partial charge in [-0.15, -0.1) is 11.3 Å². The number of hydrogen-bond donors (Lipinski definition) is 1. The van der Waals surface area contributed by atoms with E-state index in [2.05, 4.69) is 15.9 Å². The van der Waals surface area contributed by atoms with Crippen LogP contribution in [0.15, 0.2) is 34.1 Å². The summed E-state index contributed by atoms with van der Waals surface area (Å²) in [4.78, 5) is 1.01. The summed E-state index contributed by atoms with van der Waals surface area (Å²) in [6.07, 6.45) is 0.433. The van der Waals surface area contributed by atoms with E-state index in [-0.39, 0.29) is 10.0 Å². The van der Waals surface area contributed by atoms with Gasteiger partial charge in [0.15, 0.2) is 0 Å². The molecule has 17 heavy (non-hydrogen) atoms. The Balaban J connectivity index is 2.30. The van der Waals surface area contributed by atoms with Crippen molar-refractivity contribution < 1.29 is 8.78 Å². The second-order valence-electron chi connectivity index (χ2n) is 3.65. The third-order valence-electron chi connectivity index (χ3n) is 2.45. The molecule has 2 rings (SSSR count). The zero-order chi connectivity index (χ0) is 12.4. The van der Waals surface area contributed by atoms with Gasteiger partial charge in [-0.1, -0.05) is 6.07 Å². The molecule has 1 aromatic heterocycles. The van der Waals surface area contributed by atoms with Crippen molar-refractivity contribution in [3.63, 3.8) is 0 Å². The van der Waals surface area contributed by atoms with Crippen LogP contribution in [0.1, 0.15) is 16.5 Å². The molecular formula is C12H10BrF2NS. The molecule has 90 valence electrons. The monoisotopic (exact) mass is 317 g/mol. The van der Waals surface area contributed by atoms with Gasteiger partial charge in [0.1, 0.15) is 11.6 Å². The zero-order valence-electron chi connectivity index (χ0n) is 8.79. The van der Waals surface area contributed by atoms with Gasteiger partial charge >= 0.3 is 0 Å². The van der Waals surface area contributed by atoms with Gasteiger partial charge in [0.25, 0.3) is 0 Å². The molecule has 1 unspecified atom stereocenters. The van der Waals surface area contributed by atoms with Crippen LogP contribution in [0.25, 0.3) is 0 Å². The first-order valence-corrected chi connectivity index (χ1v) is 6.68. The lowest BCUT2D eigenvalue weighted by molar-refractivity contribution is 0.522. The quantitative estimate of drug-likeness (QED) is 0.850. The van der Waals surface area contributed by atoms with Crippen LogP contribution in [-0.4, -0.2) is 0 Å². The predicted molar refractivity (Wildman–Crippen MR) is 69.0 cm³/mol. The summed E-state index contributed by atoms with van der Waals surface area (Å²) in [6.45, 7) is 0. The molecule has 5 heteroatoms. The van der Waals surface area contributed by atoms with Crippen LogP contribution >= 0.6 is 27.3 Å². The number of nitrogens with two attached hydrogens (primary N) is 1. The minimum atomic E-state index is -0.675. The van der Waals surface area contributed by atoms with Gasteiger partial charge in [-0.3, -0.25) is 0 Å². The number of rotatable bonds is 3. The van der Waals surface area contributed by atoms with E-state index in [1.165, 1.54) is 23.5 Å². The fraction of sp³-hybridized carbons (Fsp3) is 0.167. The molecule has 1 nitrogen and oxygen atoms in total. The minimum Gasteiger partial charge on any atom is -0.323 e. The Labute approximate surface area is 110 Å². The molecule has 0 aliphatic rings. The Morgan fingerprint density at radius 1 is 1.29 bits per heavy atom. The molecule has 0 saturated heterocycles. The highest BCUT2D eigenvalue weighted by Crippen LogP contribution is 2.28. The summed E-state index contributed by atoms with van der Waals surface area (Å²) in [5, 5.41) is 1.91. The summed E-state index contributed by atoms with van der Waals surface area (Å²) in [5.41, 5.74) is 5.80. The van der Waals surface area contributed by atoms with E-state index in [9.17, 15) is 8.78 Å². The van der Waals surface area contributed by atoms with Crippen molar-refractivity contribution in [1.29, 1.82) is 0 Å². The van der Waals surface area contributed by atoms with Gasteiger partial charge in [-0.05, 0) is 39.5 Å². The smallest absolute Gasteiger partial charge is 0.145 e. The average molecular weight is 318 g/mol. The van der Waals surface area contributed by atoms with E-state index in [0.29, 0.717) is 6.42 Å². The Bertz CT molecular complexity index is 513. The van der Waals surface area contributed by atoms with Crippen molar-refractivity contribution >= 4 is 27.3 Å². The largest absolute Gasteiger partial charge is 0.323 e. The topological polar surface area (TPSA) is 26.0 Å². The normalized spacial score (nSPS) is 12.7. The van der Waals surface area contributed by atoms with Crippen LogP contribution < -0.4 is 5.73 Å². The van der Waals surface area contributed by atoms with Crippen LogP contribution in [0, 0.1) is 11.6 Å². The maximum absolute atomic E-state index is 13.8.